The number of primary amides is 1. The smallest absolute Gasteiger partial charge is 0.304 e. The summed E-state index contributed by atoms with van der Waals surface area (Å²) >= 11 is 1.23. The van der Waals surface area contributed by atoms with E-state index >= 15 is 0 Å². The Hall–Kier alpha value is -1.43. The van der Waals surface area contributed by atoms with Crippen molar-refractivity contribution in [3.8, 4) is 0 Å². The van der Waals surface area contributed by atoms with Gasteiger partial charge in [0.25, 0.3) is 0 Å². The fourth-order valence-electron chi connectivity index (χ4n) is 0.891. The fraction of sp³-hybridized carbons (Fsp3) is 0.286. The van der Waals surface area contributed by atoms with Crippen LogP contribution in [-0.2, 0) is 9.59 Å². The van der Waals surface area contributed by atoms with Crippen molar-refractivity contribution in [2.24, 2.45) is 5.73 Å². The number of hydrogen-bond donors (Lipinski definition) is 2. The van der Waals surface area contributed by atoms with Crippen LogP contribution in [0.5, 0.6) is 0 Å². The number of amides is 1. The molecule has 0 saturated carbocycles. The van der Waals surface area contributed by atoms with Gasteiger partial charge in [-0.05, 0) is 0 Å². The van der Waals surface area contributed by atoms with E-state index in [1.807, 2.05) is 0 Å². The van der Waals surface area contributed by atoms with E-state index in [0.717, 1.165) is 0 Å². The van der Waals surface area contributed by atoms with Crippen LogP contribution >= 0.6 is 11.3 Å². The van der Waals surface area contributed by atoms with Crippen LogP contribution in [0.2, 0.25) is 0 Å². The monoisotopic (exact) mass is 200 g/mol. The van der Waals surface area contributed by atoms with E-state index in [0.29, 0.717) is 5.01 Å². The van der Waals surface area contributed by atoms with Crippen molar-refractivity contribution in [3.05, 3.63) is 16.6 Å². The number of carboxylic acid groups (broad SMARTS) is 1. The van der Waals surface area contributed by atoms with Gasteiger partial charge in [0.1, 0.15) is 5.01 Å². The lowest BCUT2D eigenvalue weighted by atomic mass is 10.1. The molecule has 0 aliphatic rings. The first kappa shape index (κ1) is 9.66. The van der Waals surface area contributed by atoms with E-state index in [1.54, 1.807) is 5.38 Å². The van der Waals surface area contributed by atoms with Gasteiger partial charge in [-0.1, -0.05) is 0 Å². The van der Waals surface area contributed by atoms with E-state index in [4.69, 9.17) is 10.8 Å². The number of aromatic nitrogens is 1. The van der Waals surface area contributed by atoms with Crippen molar-refractivity contribution >= 4 is 23.2 Å². The molecule has 0 saturated heterocycles. The predicted molar refractivity (Wildman–Crippen MR) is 46.3 cm³/mol. The molecule has 0 fully saturated rings. The molecule has 0 spiro atoms. The molecule has 0 aromatic carbocycles. The van der Waals surface area contributed by atoms with Gasteiger partial charge >= 0.3 is 5.97 Å². The van der Waals surface area contributed by atoms with Crippen molar-refractivity contribution in [2.75, 3.05) is 0 Å². The van der Waals surface area contributed by atoms with Crippen LogP contribution in [0.15, 0.2) is 11.6 Å². The van der Waals surface area contributed by atoms with E-state index in [1.165, 1.54) is 17.5 Å². The molecule has 1 unspecified atom stereocenters. The molecule has 1 aromatic heterocycles. The summed E-state index contributed by atoms with van der Waals surface area (Å²) in [4.78, 5) is 25.1. The quantitative estimate of drug-likeness (QED) is 0.725. The predicted octanol–water partition coefficient (Wildman–Crippen LogP) is 0.187. The van der Waals surface area contributed by atoms with E-state index in [2.05, 4.69) is 4.98 Å². The maximum absolute atomic E-state index is 10.9. The fourth-order valence-corrected chi connectivity index (χ4v) is 1.64. The number of aliphatic carboxylic acids is 1. The summed E-state index contributed by atoms with van der Waals surface area (Å²) in [6.07, 6.45) is 1.21. The molecule has 0 radical (unpaired) electrons. The first-order chi connectivity index (χ1) is 6.11. The largest absolute Gasteiger partial charge is 0.481 e. The minimum Gasteiger partial charge on any atom is -0.481 e. The Labute approximate surface area is 78.2 Å². The van der Waals surface area contributed by atoms with Gasteiger partial charge in [-0.15, -0.1) is 11.3 Å². The van der Waals surface area contributed by atoms with Crippen LogP contribution in [0.3, 0.4) is 0 Å². The Bertz CT molecular complexity index is 310. The van der Waals surface area contributed by atoms with Crippen molar-refractivity contribution in [1.29, 1.82) is 0 Å². The van der Waals surface area contributed by atoms with Crippen LogP contribution in [0.25, 0.3) is 0 Å². The van der Waals surface area contributed by atoms with Gasteiger partial charge in [-0.2, -0.15) is 0 Å². The van der Waals surface area contributed by atoms with E-state index in [9.17, 15) is 9.59 Å². The van der Waals surface area contributed by atoms with Gasteiger partial charge in [-0.3, -0.25) is 9.59 Å². The summed E-state index contributed by atoms with van der Waals surface area (Å²) < 4.78 is 0. The minimum absolute atomic E-state index is 0.303. The average Bonchev–Trinajstić information content (AvgIpc) is 2.50. The molecule has 1 atom stereocenters. The molecule has 1 aromatic rings. The normalized spacial score (nSPS) is 12.3. The molecule has 1 heterocycles. The number of carbonyl (C=O) groups excluding carboxylic acids is 1. The highest BCUT2D eigenvalue weighted by Gasteiger charge is 2.23. The molecule has 3 N–H and O–H groups in total. The van der Waals surface area contributed by atoms with Gasteiger partial charge in [0.05, 0.1) is 12.3 Å². The van der Waals surface area contributed by atoms with Crippen molar-refractivity contribution in [1.82, 2.24) is 4.98 Å². The highest BCUT2D eigenvalue weighted by atomic mass is 32.1. The Morgan fingerprint density at radius 2 is 2.38 bits per heavy atom. The first-order valence-corrected chi connectivity index (χ1v) is 4.39. The maximum Gasteiger partial charge on any atom is 0.304 e. The highest BCUT2D eigenvalue weighted by Crippen LogP contribution is 2.21. The molecular formula is C7H8N2O3S. The molecule has 0 aliphatic heterocycles. The van der Waals surface area contributed by atoms with E-state index < -0.39 is 17.8 Å². The van der Waals surface area contributed by atoms with Crippen LogP contribution in [-0.4, -0.2) is 22.0 Å². The SMILES string of the molecule is NC(=O)C(CC(=O)O)c1nccs1. The second-order valence-corrected chi connectivity index (χ2v) is 3.35. The number of nitrogens with two attached hydrogens (primary N) is 1. The Morgan fingerprint density at radius 3 is 2.77 bits per heavy atom. The minimum atomic E-state index is -1.06. The summed E-state index contributed by atoms with van der Waals surface area (Å²) in [5, 5.41) is 10.6. The number of carbonyl (C=O) groups is 2. The van der Waals surface area contributed by atoms with Gasteiger partial charge < -0.3 is 10.8 Å². The number of hydrogen-bond acceptors (Lipinski definition) is 4. The second kappa shape index (κ2) is 3.99. The Kier molecular flexibility index (Phi) is 2.97. The summed E-state index contributed by atoms with van der Waals surface area (Å²) in [6, 6.07) is 0. The molecule has 5 nitrogen and oxygen atoms in total. The van der Waals surface area contributed by atoms with Crippen LogP contribution < -0.4 is 5.73 Å². The van der Waals surface area contributed by atoms with Crippen LogP contribution in [0.4, 0.5) is 0 Å². The Morgan fingerprint density at radius 1 is 1.69 bits per heavy atom. The van der Waals surface area contributed by atoms with Crippen LogP contribution in [0, 0.1) is 0 Å². The standard InChI is InChI=1S/C7H8N2O3S/c8-6(12)4(3-5(10)11)7-9-1-2-13-7/h1-2,4H,3H2,(H2,8,12)(H,10,11). The lowest BCUT2D eigenvalue weighted by Crippen LogP contribution is -2.23. The zero-order valence-corrected chi connectivity index (χ0v) is 7.45. The van der Waals surface area contributed by atoms with Crippen molar-refractivity contribution < 1.29 is 14.7 Å². The molecule has 13 heavy (non-hydrogen) atoms. The zero-order chi connectivity index (χ0) is 9.84. The number of thiazole rings is 1. The van der Waals surface area contributed by atoms with Gasteiger partial charge in [0, 0.05) is 11.6 Å². The molecule has 6 heteroatoms. The number of rotatable bonds is 4. The second-order valence-electron chi connectivity index (χ2n) is 2.42. The van der Waals surface area contributed by atoms with E-state index in [-0.39, 0.29) is 6.42 Å². The summed E-state index contributed by atoms with van der Waals surface area (Å²) in [6.45, 7) is 0. The lowest BCUT2D eigenvalue weighted by Gasteiger charge is -2.05. The van der Waals surface area contributed by atoms with Gasteiger partial charge in [-0.25, -0.2) is 4.98 Å². The van der Waals surface area contributed by atoms with Crippen LogP contribution in [0.1, 0.15) is 17.3 Å². The molecule has 70 valence electrons. The lowest BCUT2D eigenvalue weighted by molar-refractivity contribution is -0.139. The van der Waals surface area contributed by atoms with Crippen molar-refractivity contribution in [2.45, 2.75) is 12.3 Å². The molecule has 1 amide bonds. The summed E-state index contributed by atoms with van der Waals surface area (Å²) in [5.74, 6) is -2.52. The Balaban J connectivity index is 2.81. The highest BCUT2D eigenvalue weighted by molar-refractivity contribution is 7.09. The maximum atomic E-state index is 10.9. The van der Waals surface area contributed by atoms with Gasteiger partial charge in [0.2, 0.25) is 5.91 Å². The molecule has 1 rings (SSSR count). The zero-order valence-electron chi connectivity index (χ0n) is 6.64. The number of carboxylic acids is 1. The number of nitrogens with zero attached hydrogens (tertiary/aromatic N) is 1. The first-order valence-electron chi connectivity index (χ1n) is 3.51. The topological polar surface area (TPSA) is 93.3 Å². The molecule has 0 bridgehead atoms. The molecule has 0 aliphatic carbocycles. The third kappa shape index (κ3) is 2.51. The van der Waals surface area contributed by atoms with Gasteiger partial charge in [0.15, 0.2) is 0 Å². The molecular weight excluding hydrogens is 192 g/mol. The van der Waals surface area contributed by atoms with Crippen molar-refractivity contribution in [3.63, 3.8) is 0 Å². The summed E-state index contributed by atoms with van der Waals surface area (Å²) in [7, 11) is 0. The summed E-state index contributed by atoms with van der Waals surface area (Å²) in [5.41, 5.74) is 5.04. The third-order valence-electron chi connectivity index (χ3n) is 1.47. The average molecular weight is 200 g/mol. The third-order valence-corrected chi connectivity index (χ3v) is 2.36.